The van der Waals surface area contributed by atoms with E-state index in [0.29, 0.717) is 6.42 Å². The van der Waals surface area contributed by atoms with Gasteiger partial charge in [-0.2, -0.15) is 11.8 Å². The number of hydrogen-bond acceptors (Lipinski definition) is 3. The molecule has 6 heteroatoms. The van der Waals surface area contributed by atoms with E-state index in [9.17, 15) is 9.59 Å². The number of carboxylic acid groups (broad SMARTS) is 1. The summed E-state index contributed by atoms with van der Waals surface area (Å²) >= 11 is 1.73. The van der Waals surface area contributed by atoms with Gasteiger partial charge in [-0.3, -0.25) is 0 Å². The smallest absolute Gasteiger partial charge is 0.326 e. The van der Waals surface area contributed by atoms with Gasteiger partial charge in [-0.05, 0) is 19.1 Å². The summed E-state index contributed by atoms with van der Waals surface area (Å²) in [5, 5.41) is 13.9. The summed E-state index contributed by atoms with van der Waals surface area (Å²) in [5.41, 5.74) is 0. The first-order valence-electron chi connectivity index (χ1n) is 5.38. The average molecular weight is 248 g/mol. The van der Waals surface area contributed by atoms with Crippen LogP contribution in [0.15, 0.2) is 0 Å². The highest BCUT2D eigenvalue weighted by molar-refractivity contribution is 7.99. The molecule has 0 heterocycles. The van der Waals surface area contributed by atoms with Gasteiger partial charge in [0.05, 0.1) is 0 Å². The Labute approximate surface area is 100 Å². The van der Waals surface area contributed by atoms with Crippen LogP contribution in [0, 0.1) is 0 Å². The van der Waals surface area contributed by atoms with Crippen molar-refractivity contribution in [1.29, 1.82) is 0 Å². The summed E-state index contributed by atoms with van der Waals surface area (Å²) < 4.78 is 0. The average Bonchev–Trinajstić information content (AvgIpc) is 2.22. The molecule has 0 radical (unpaired) electrons. The quantitative estimate of drug-likeness (QED) is 0.634. The van der Waals surface area contributed by atoms with E-state index in [1.807, 2.05) is 6.92 Å². The molecule has 5 nitrogen and oxygen atoms in total. The molecule has 0 fully saturated rings. The molecular formula is C10H20N2O3S. The molecule has 3 N–H and O–H groups in total. The summed E-state index contributed by atoms with van der Waals surface area (Å²) in [6.45, 7) is 5.66. The van der Waals surface area contributed by atoms with Gasteiger partial charge in [-0.1, -0.05) is 13.8 Å². The van der Waals surface area contributed by atoms with E-state index in [4.69, 9.17) is 5.11 Å². The van der Waals surface area contributed by atoms with Gasteiger partial charge >= 0.3 is 12.0 Å². The van der Waals surface area contributed by atoms with Crippen molar-refractivity contribution in [2.45, 2.75) is 39.3 Å². The van der Waals surface area contributed by atoms with Gasteiger partial charge in [-0.15, -0.1) is 0 Å². The third-order valence-corrected chi connectivity index (χ3v) is 3.11. The number of aliphatic carboxylic acids is 1. The summed E-state index contributed by atoms with van der Waals surface area (Å²) in [6.07, 6.45) is 0.376. The monoisotopic (exact) mass is 248 g/mol. The SMILES string of the molecule is CCSCC(C)NC(=O)N[C@@H](CC)C(=O)O. The Morgan fingerprint density at radius 3 is 2.38 bits per heavy atom. The van der Waals surface area contributed by atoms with Crippen molar-refractivity contribution in [2.24, 2.45) is 0 Å². The zero-order valence-electron chi connectivity index (χ0n) is 9.95. The van der Waals surface area contributed by atoms with Crippen LogP contribution in [0.25, 0.3) is 0 Å². The first kappa shape index (κ1) is 15.1. The number of carbonyl (C=O) groups excluding carboxylic acids is 1. The first-order chi connectivity index (χ1) is 7.51. The van der Waals surface area contributed by atoms with Crippen molar-refractivity contribution in [3.63, 3.8) is 0 Å². The number of carboxylic acids is 1. The van der Waals surface area contributed by atoms with Gasteiger partial charge in [0.25, 0.3) is 0 Å². The lowest BCUT2D eigenvalue weighted by Crippen LogP contribution is -2.48. The summed E-state index contributed by atoms with van der Waals surface area (Å²) in [6, 6.07) is -1.19. The molecule has 2 amide bonds. The Morgan fingerprint density at radius 1 is 1.31 bits per heavy atom. The third-order valence-electron chi connectivity index (χ3n) is 1.96. The molecule has 16 heavy (non-hydrogen) atoms. The van der Waals surface area contributed by atoms with Crippen LogP contribution < -0.4 is 10.6 Å². The van der Waals surface area contributed by atoms with Crippen LogP contribution in [0.3, 0.4) is 0 Å². The van der Waals surface area contributed by atoms with Crippen LogP contribution in [-0.2, 0) is 4.79 Å². The van der Waals surface area contributed by atoms with E-state index in [1.165, 1.54) is 0 Å². The van der Waals surface area contributed by atoms with E-state index in [0.717, 1.165) is 11.5 Å². The lowest BCUT2D eigenvalue weighted by Gasteiger charge is -2.17. The maximum atomic E-state index is 11.4. The number of rotatable bonds is 7. The molecule has 94 valence electrons. The molecule has 0 aromatic carbocycles. The fourth-order valence-corrected chi connectivity index (χ4v) is 1.77. The Morgan fingerprint density at radius 2 is 1.94 bits per heavy atom. The summed E-state index contributed by atoms with van der Waals surface area (Å²) in [5.74, 6) is 0.821. The minimum Gasteiger partial charge on any atom is -0.480 e. The summed E-state index contributed by atoms with van der Waals surface area (Å²) in [7, 11) is 0. The standard InChI is InChI=1S/C10H20N2O3S/c1-4-8(9(13)14)12-10(15)11-7(3)6-16-5-2/h7-8H,4-6H2,1-3H3,(H,13,14)(H2,11,12,15)/t7?,8-/m0/s1. The number of urea groups is 1. The number of carbonyl (C=O) groups is 2. The molecular weight excluding hydrogens is 228 g/mol. The number of amides is 2. The number of thioether (sulfide) groups is 1. The lowest BCUT2D eigenvalue weighted by molar-refractivity contribution is -0.139. The Kier molecular flexibility index (Phi) is 7.80. The molecule has 0 aliphatic heterocycles. The Bertz CT molecular complexity index is 236. The maximum Gasteiger partial charge on any atom is 0.326 e. The largest absolute Gasteiger partial charge is 0.480 e. The van der Waals surface area contributed by atoms with Crippen LogP contribution in [-0.4, -0.2) is 40.7 Å². The third kappa shape index (κ3) is 6.55. The minimum absolute atomic E-state index is 0.0382. The van der Waals surface area contributed by atoms with Crippen molar-refractivity contribution in [1.82, 2.24) is 10.6 Å². The van der Waals surface area contributed by atoms with Crippen molar-refractivity contribution < 1.29 is 14.7 Å². The zero-order valence-corrected chi connectivity index (χ0v) is 10.8. The Hall–Kier alpha value is -0.910. The predicted octanol–water partition coefficient (Wildman–Crippen LogP) is 1.29. The Balaban J connectivity index is 3.92. The van der Waals surface area contributed by atoms with E-state index in [1.54, 1.807) is 18.7 Å². The van der Waals surface area contributed by atoms with E-state index < -0.39 is 18.0 Å². The second-order valence-electron chi connectivity index (χ2n) is 3.48. The highest BCUT2D eigenvalue weighted by Crippen LogP contribution is 2.01. The van der Waals surface area contributed by atoms with Crippen LogP contribution in [0.2, 0.25) is 0 Å². The van der Waals surface area contributed by atoms with Gasteiger partial charge in [0.15, 0.2) is 0 Å². The van der Waals surface area contributed by atoms with Crippen molar-refractivity contribution >= 4 is 23.8 Å². The minimum atomic E-state index is -1.01. The van der Waals surface area contributed by atoms with Gasteiger partial charge in [-0.25, -0.2) is 9.59 Å². The fraction of sp³-hybridized carbons (Fsp3) is 0.800. The molecule has 0 bridgehead atoms. The lowest BCUT2D eigenvalue weighted by atomic mass is 10.2. The second-order valence-corrected chi connectivity index (χ2v) is 4.80. The molecule has 0 spiro atoms. The molecule has 0 aliphatic rings. The number of nitrogens with one attached hydrogen (secondary N) is 2. The van der Waals surface area contributed by atoms with E-state index >= 15 is 0 Å². The van der Waals surface area contributed by atoms with Gasteiger partial charge < -0.3 is 15.7 Å². The highest BCUT2D eigenvalue weighted by Gasteiger charge is 2.18. The van der Waals surface area contributed by atoms with E-state index in [-0.39, 0.29) is 6.04 Å². The molecule has 2 atom stereocenters. The van der Waals surface area contributed by atoms with Crippen LogP contribution in [0.1, 0.15) is 27.2 Å². The fourth-order valence-electron chi connectivity index (χ4n) is 1.10. The highest BCUT2D eigenvalue weighted by atomic mass is 32.2. The number of hydrogen-bond donors (Lipinski definition) is 3. The van der Waals surface area contributed by atoms with E-state index in [2.05, 4.69) is 17.6 Å². The maximum absolute atomic E-state index is 11.4. The van der Waals surface area contributed by atoms with Crippen molar-refractivity contribution in [3.05, 3.63) is 0 Å². The molecule has 0 aromatic heterocycles. The topological polar surface area (TPSA) is 78.4 Å². The molecule has 1 unspecified atom stereocenters. The van der Waals surface area contributed by atoms with Gasteiger partial charge in [0.1, 0.15) is 6.04 Å². The van der Waals surface area contributed by atoms with Crippen LogP contribution in [0.4, 0.5) is 4.79 Å². The second kappa shape index (κ2) is 8.27. The molecule has 0 aromatic rings. The normalized spacial score (nSPS) is 13.9. The van der Waals surface area contributed by atoms with Crippen molar-refractivity contribution in [2.75, 3.05) is 11.5 Å². The molecule has 0 saturated carbocycles. The van der Waals surface area contributed by atoms with Crippen LogP contribution >= 0.6 is 11.8 Å². The molecule has 0 saturated heterocycles. The van der Waals surface area contributed by atoms with Crippen molar-refractivity contribution in [3.8, 4) is 0 Å². The van der Waals surface area contributed by atoms with Gasteiger partial charge in [0, 0.05) is 11.8 Å². The summed E-state index contributed by atoms with van der Waals surface area (Å²) in [4.78, 5) is 22.1. The molecule has 0 rings (SSSR count). The zero-order chi connectivity index (χ0) is 12.6. The van der Waals surface area contributed by atoms with Gasteiger partial charge in [0.2, 0.25) is 0 Å². The molecule has 0 aliphatic carbocycles. The first-order valence-corrected chi connectivity index (χ1v) is 6.54. The van der Waals surface area contributed by atoms with Crippen LogP contribution in [0.5, 0.6) is 0 Å². The predicted molar refractivity (Wildman–Crippen MR) is 65.8 cm³/mol.